The Balaban J connectivity index is 1.90. The number of hydrogen-bond donors (Lipinski definition) is 1. The van der Waals surface area contributed by atoms with Gasteiger partial charge in [0.1, 0.15) is 12.2 Å². The molecule has 1 aliphatic rings. The quantitative estimate of drug-likeness (QED) is 0.713. The van der Waals surface area contributed by atoms with Crippen LogP contribution >= 0.6 is 0 Å². The van der Waals surface area contributed by atoms with Crippen molar-refractivity contribution < 1.29 is 0 Å². The second-order valence-corrected chi connectivity index (χ2v) is 3.87. The zero-order chi connectivity index (χ0) is 9.97. The highest BCUT2D eigenvalue weighted by Crippen LogP contribution is 2.11. The van der Waals surface area contributed by atoms with Gasteiger partial charge < -0.3 is 9.88 Å². The van der Waals surface area contributed by atoms with Gasteiger partial charge in [-0.25, -0.2) is 0 Å². The van der Waals surface area contributed by atoms with Crippen molar-refractivity contribution in [3.8, 4) is 0 Å². The molecule has 14 heavy (non-hydrogen) atoms. The molecule has 1 fully saturated rings. The maximum Gasteiger partial charge on any atom is 0.146 e. The Morgan fingerprint density at radius 2 is 2.50 bits per heavy atom. The van der Waals surface area contributed by atoms with E-state index in [1.165, 1.54) is 6.42 Å². The molecule has 78 valence electrons. The van der Waals surface area contributed by atoms with Gasteiger partial charge in [-0.05, 0) is 13.5 Å². The van der Waals surface area contributed by atoms with E-state index in [1.807, 2.05) is 18.7 Å². The summed E-state index contributed by atoms with van der Waals surface area (Å²) < 4.78 is 1.98. The van der Waals surface area contributed by atoms with Gasteiger partial charge in [0.15, 0.2) is 0 Å². The average molecular weight is 195 g/mol. The highest BCUT2D eigenvalue weighted by Gasteiger charge is 2.21. The molecule has 1 N–H and O–H groups in total. The largest absolute Gasteiger partial charge is 0.320 e. The van der Waals surface area contributed by atoms with Crippen LogP contribution in [0.1, 0.15) is 12.2 Å². The predicted molar refractivity (Wildman–Crippen MR) is 53.7 cm³/mol. The molecule has 0 amide bonds. The monoisotopic (exact) mass is 195 g/mol. The third-order valence-electron chi connectivity index (χ3n) is 2.85. The zero-order valence-corrected chi connectivity index (χ0v) is 8.77. The number of aryl methyl sites for hydroxylation is 1. The van der Waals surface area contributed by atoms with Crippen LogP contribution in [0.15, 0.2) is 6.33 Å². The predicted octanol–water partition coefficient (Wildman–Crippen LogP) is -0.391. The number of nitrogens with zero attached hydrogens (tertiary/aromatic N) is 4. The summed E-state index contributed by atoms with van der Waals surface area (Å²) in [7, 11) is 4.01. The average Bonchev–Trinajstić information content (AvgIpc) is 2.77. The van der Waals surface area contributed by atoms with E-state index in [-0.39, 0.29) is 0 Å². The zero-order valence-electron chi connectivity index (χ0n) is 8.77. The van der Waals surface area contributed by atoms with Crippen LogP contribution in [0.2, 0.25) is 0 Å². The number of hydrogen-bond acceptors (Lipinski definition) is 4. The number of aromatic nitrogens is 3. The molecule has 2 heterocycles. The SMILES string of the molecule is CNC1CCN(Cc2nncn2C)C1. The summed E-state index contributed by atoms with van der Waals surface area (Å²) in [4.78, 5) is 2.41. The van der Waals surface area contributed by atoms with Crippen molar-refractivity contribution in [2.75, 3.05) is 20.1 Å². The number of likely N-dealkylation sites (tertiary alicyclic amines) is 1. The van der Waals surface area contributed by atoms with Crippen LogP contribution in [0.3, 0.4) is 0 Å². The number of nitrogens with one attached hydrogen (secondary N) is 1. The van der Waals surface area contributed by atoms with Crippen molar-refractivity contribution in [3.63, 3.8) is 0 Å². The minimum Gasteiger partial charge on any atom is -0.320 e. The summed E-state index contributed by atoms with van der Waals surface area (Å²) in [5.74, 6) is 1.04. The maximum absolute atomic E-state index is 4.08. The van der Waals surface area contributed by atoms with Crippen LogP contribution < -0.4 is 5.32 Å². The molecule has 1 saturated heterocycles. The number of likely N-dealkylation sites (N-methyl/N-ethyl adjacent to an activating group) is 1. The molecule has 0 radical (unpaired) electrons. The van der Waals surface area contributed by atoms with Gasteiger partial charge in [0.25, 0.3) is 0 Å². The molecule has 0 aliphatic carbocycles. The van der Waals surface area contributed by atoms with Crippen LogP contribution in [0.4, 0.5) is 0 Å². The lowest BCUT2D eigenvalue weighted by molar-refractivity contribution is 0.310. The molecular weight excluding hydrogens is 178 g/mol. The van der Waals surface area contributed by atoms with Crippen molar-refractivity contribution in [3.05, 3.63) is 12.2 Å². The Morgan fingerprint density at radius 1 is 1.64 bits per heavy atom. The Hall–Kier alpha value is -0.940. The summed E-state index contributed by atoms with van der Waals surface area (Å²) in [6.45, 7) is 3.18. The molecule has 5 heteroatoms. The first-order valence-electron chi connectivity index (χ1n) is 5.02. The second-order valence-electron chi connectivity index (χ2n) is 3.87. The lowest BCUT2D eigenvalue weighted by atomic mass is 10.3. The third kappa shape index (κ3) is 1.93. The van der Waals surface area contributed by atoms with E-state index in [2.05, 4.69) is 20.4 Å². The molecule has 1 unspecified atom stereocenters. The lowest BCUT2D eigenvalue weighted by Crippen LogP contribution is -2.29. The Morgan fingerprint density at radius 3 is 3.07 bits per heavy atom. The van der Waals surface area contributed by atoms with Gasteiger partial charge in [-0.3, -0.25) is 4.90 Å². The first-order valence-corrected chi connectivity index (χ1v) is 5.02. The van der Waals surface area contributed by atoms with E-state index in [0.717, 1.165) is 25.5 Å². The smallest absolute Gasteiger partial charge is 0.146 e. The van der Waals surface area contributed by atoms with E-state index in [4.69, 9.17) is 0 Å². The summed E-state index contributed by atoms with van der Waals surface area (Å²) >= 11 is 0. The molecule has 1 aromatic heterocycles. The van der Waals surface area contributed by atoms with Crippen LogP contribution in [0.5, 0.6) is 0 Å². The Bertz CT molecular complexity index is 295. The molecule has 1 atom stereocenters. The first kappa shape index (κ1) is 9.61. The molecule has 0 aromatic carbocycles. The summed E-state index contributed by atoms with van der Waals surface area (Å²) in [6.07, 6.45) is 2.98. The first-order chi connectivity index (χ1) is 6.79. The minimum atomic E-state index is 0.642. The van der Waals surface area contributed by atoms with E-state index in [1.54, 1.807) is 6.33 Å². The summed E-state index contributed by atoms with van der Waals surface area (Å²) in [6, 6.07) is 0.642. The third-order valence-corrected chi connectivity index (χ3v) is 2.85. The second kappa shape index (κ2) is 4.06. The van der Waals surface area contributed by atoms with Crippen molar-refractivity contribution in [2.45, 2.75) is 19.0 Å². The fraction of sp³-hybridized carbons (Fsp3) is 0.778. The van der Waals surface area contributed by atoms with Gasteiger partial charge in [0, 0.05) is 26.2 Å². The molecule has 2 rings (SSSR count). The van der Waals surface area contributed by atoms with Crippen molar-refractivity contribution in [1.82, 2.24) is 25.0 Å². The summed E-state index contributed by atoms with van der Waals surface area (Å²) in [5, 5.41) is 11.3. The highest BCUT2D eigenvalue weighted by molar-refractivity contribution is 4.88. The fourth-order valence-electron chi connectivity index (χ4n) is 1.86. The van der Waals surface area contributed by atoms with E-state index in [9.17, 15) is 0 Å². The van der Waals surface area contributed by atoms with Gasteiger partial charge in [-0.1, -0.05) is 0 Å². The van der Waals surface area contributed by atoms with Crippen molar-refractivity contribution in [2.24, 2.45) is 7.05 Å². The van der Waals surface area contributed by atoms with E-state index in [0.29, 0.717) is 6.04 Å². The molecular formula is C9H17N5. The van der Waals surface area contributed by atoms with E-state index >= 15 is 0 Å². The molecule has 5 nitrogen and oxygen atoms in total. The van der Waals surface area contributed by atoms with Gasteiger partial charge >= 0.3 is 0 Å². The molecule has 1 aromatic rings. The van der Waals surface area contributed by atoms with Gasteiger partial charge in [0.05, 0.1) is 6.54 Å². The molecule has 0 bridgehead atoms. The normalized spacial score (nSPS) is 23.1. The lowest BCUT2D eigenvalue weighted by Gasteiger charge is -2.14. The van der Waals surface area contributed by atoms with Crippen molar-refractivity contribution in [1.29, 1.82) is 0 Å². The Labute approximate surface area is 84.1 Å². The maximum atomic E-state index is 4.08. The highest BCUT2D eigenvalue weighted by atomic mass is 15.3. The van der Waals surface area contributed by atoms with Crippen LogP contribution in [0, 0.1) is 0 Å². The number of rotatable bonds is 3. The standard InChI is InChI=1S/C9H17N5/c1-10-8-3-4-14(5-8)6-9-12-11-7-13(9)2/h7-8,10H,3-6H2,1-2H3. The van der Waals surface area contributed by atoms with E-state index < -0.39 is 0 Å². The topological polar surface area (TPSA) is 46.0 Å². The Kier molecular flexibility index (Phi) is 2.79. The van der Waals surface area contributed by atoms with Crippen LogP contribution in [0.25, 0.3) is 0 Å². The van der Waals surface area contributed by atoms with Crippen LogP contribution in [-0.4, -0.2) is 45.8 Å². The van der Waals surface area contributed by atoms with Crippen molar-refractivity contribution >= 4 is 0 Å². The van der Waals surface area contributed by atoms with Gasteiger partial charge in [0.2, 0.25) is 0 Å². The molecule has 0 spiro atoms. The fourth-order valence-corrected chi connectivity index (χ4v) is 1.86. The van der Waals surface area contributed by atoms with Gasteiger partial charge in [-0.2, -0.15) is 0 Å². The van der Waals surface area contributed by atoms with Crippen LogP contribution in [-0.2, 0) is 13.6 Å². The molecule has 1 aliphatic heterocycles. The van der Waals surface area contributed by atoms with Gasteiger partial charge in [-0.15, -0.1) is 10.2 Å². The summed E-state index contributed by atoms with van der Waals surface area (Å²) in [5.41, 5.74) is 0. The molecule has 0 saturated carbocycles. The minimum absolute atomic E-state index is 0.642.